The molecule has 0 saturated carbocycles. The van der Waals surface area contributed by atoms with Gasteiger partial charge in [0.1, 0.15) is 0 Å². The summed E-state index contributed by atoms with van der Waals surface area (Å²) in [6, 6.07) is 0. The predicted molar refractivity (Wildman–Crippen MR) is 55.8 cm³/mol. The first-order valence-corrected chi connectivity index (χ1v) is 4.64. The summed E-state index contributed by atoms with van der Waals surface area (Å²) in [5.41, 5.74) is 0. The zero-order chi connectivity index (χ0) is 9.07. The first kappa shape index (κ1) is 11.5. The van der Waals surface area contributed by atoms with Gasteiger partial charge < -0.3 is 4.74 Å². The van der Waals surface area contributed by atoms with Gasteiger partial charge in [0.2, 0.25) is 0 Å². The van der Waals surface area contributed by atoms with Crippen molar-refractivity contribution in [3.63, 3.8) is 0 Å². The van der Waals surface area contributed by atoms with Gasteiger partial charge in [-0.25, -0.2) is 4.79 Å². The molecule has 1 atom stereocenters. The number of thiol groups is 3. The van der Waals surface area contributed by atoms with Crippen molar-refractivity contribution in [2.24, 2.45) is 0 Å². The third kappa shape index (κ3) is 3.17. The molecule has 0 N–H and O–H groups in total. The van der Waals surface area contributed by atoms with E-state index >= 15 is 0 Å². The largest absolute Gasteiger partial charge is 0.464 e. The van der Waals surface area contributed by atoms with E-state index < -0.39 is 10.0 Å². The Hall–Kier alpha value is 0.520. The molecule has 2 nitrogen and oxygen atoms in total. The van der Waals surface area contributed by atoms with Crippen molar-refractivity contribution in [1.29, 1.82) is 0 Å². The van der Waals surface area contributed by atoms with Gasteiger partial charge >= 0.3 is 5.97 Å². The van der Waals surface area contributed by atoms with Crippen LogP contribution >= 0.6 is 37.9 Å². The standard InChI is InChI=1S/C6H12O2S3/c1-3-8-5(7)6(10,11)4(2)9/h4,9-11H,3H2,1-2H3. The molecule has 1 unspecified atom stereocenters. The van der Waals surface area contributed by atoms with Crippen molar-refractivity contribution >= 4 is 43.9 Å². The van der Waals surface area contributed by atoms with E-state index in [-0.39, 0.29) is 5.25 Å². The Morgan fingerprint density at radius 3 is 2.36 bits per heavy atom. The fourth-order valence-corrected chi connectivity index (χ4v) is 0.642. The van der Waals surface area contributed by atoms with Gasteiger partial charge in [-0.3, -0.25) is 0 Å². The molecular weight excluding hydrogens is 200 g/mol. The van der Waals surface area contributed by atoms with E-state index in [1.165, 1.54) is 0 Å². The van der Waals surface area contributed by atoms with Crippen LogP contribution in [0.4, 0.5) is 0 Å². The number of rotatable bonds is 3. The maximum absolute atomic E-state index is 11.1. The second-order valence-corrected chi connectivity index (χ2v) is 4.66. The Morgan fingerprint density at radius 1 is 1.64 bits per heavy atom. The van der Waals surface area contributed by atoms with Crippen LogP contribution in [0.15, 0.2) is 0 Å². The Balaban J connectivity index is 4.18. The molecule has 0 amide bonds. The lowest BCUT2D eigenvalue weighted by Gasteiger charge is -2.23. The molecule has 0 fully saturated rings. The van der Waals surface area contributed by atoms with Crippen molar-refractivity contribution in [2.45, 2.75) is 23.2 Å². The molecule has 0 radical (unpaired) electrons. The number of carbonyl (C=O) groups is 1. The summed E-state index contributed by atoms with van der Waals surface area (Å²) in [5, 5.41) is -0.256. The summed E-state index contributed by atoms with van der Waals surface area (Å²) in [7, 11) is 0. The summed E-state index contributed by atoms with van der Waals surface area (Å²) < 4.78 is 3.63. The van der Waals surface area contributed by atoms with Crippen LogP contribution in [0.3, 0.4) is 0 Å². The number of hydrogen-bond donors (Lipinski definition) is 3. The summed E-state index contributed by atoms with van der Waals surface area (Å²) >= 11 is 12.1. The molecule has 0 saturated heterocycles. The van der Waals surface area contributed by atoms with Crippen molar-refractivity contribution in [3.05, 3.63) is 0 Å². The monoisotopic (exact) mass is 212 g/mol. The normalized spacial score (nSPS) is 14.3. The van der Waals surface area contributed by atoms with Crippen molar-refractivity contribution in [2.75, 3.05) is 6.61 Å². The van der Waals surface area contributed by atoms with E-state index in [4.69, 9.17) is 4.74 Å². The first-order valence-electron chi connectivity index (χ1n) is 3.23. The van der Waals surface area contributed by atoms with Crippen LogP contribution in [0.25, 0.3) is 0 Å². The van der Waals surface area contributed by atoms with E-state index in [2.05, 4.69) is 37.9 Å². The Labute approximate surface area is 83.3 Å². The van der Waals surface area contributed by atoms with Gasteiger partial charge in [-0.1, -0.05) is 6.92 Å². The topological polar surface area (TPSA) is 26.3 Å². The Bertz CT molecular complexity index is 145. The zero-order valence-corrected chi connectivity index (χ0v) is 9.13. The summed E-state index contributed by atoms with van der Waals surface area (Å²) in [6.45, 7) is 3.81. The van der Waals surface area contributed by atoms with Gasteiger partial charge in [-0.05, 0) is 6.92 Å². The molecular formula is C6H12O2S3. The molecule has 0 aliphatic carbocycles. The number of esters is 1. The summed E-state index contributed by atoms with van der Waals surface area (Å²) in [5.74, 6) is -0.450. The molecule has 0 aliphatic heterocycles. The molecule has 0 bridgehead atoms. The highest BCUT2D eigenvalue weighted by Crippen LogP contribution is 2.29. The fraction of sp³-hybridized carbons (Fsp3) is 0.833. The molecule has 0 aromatic heterocycles. The predicted octanol–water partition coefficient (Wildman–Crippen LogP) is 1.42. The van der Waals surface area contributed by atoms with Crippen LogP contribution in [-0.4, -0.2) is 21.9 Å². The quantitative estimate of drug-likeness (QED) is 0.375. The van der Waals surface area contributed by atoms with Crippen LogP contribution in [0.2, 0.25) is 0 Å². The van der Waals surface area contributed by atoms with Crippen molar-refractivity contribution < 1.29 is 9.53 Å². The minimum Gasteiger partial charge on any atom is -0.464 e. The van der Waals surface area contributed by atoms with Crippen LogP contribution < -0.4 is 0 Å². The summed E-state index contributed by atoms with van der Waals surface area (Å²) in [4.78, 5) is 11.1. The molecule has 0 heterocycles. The maximum atomic E-state index is 11.1. The highest BCUT2D eigenvalue weighted by molar-refractivity contribution is 8.03. The highest BCUT2D eigenvalue weighted by atomic mass is 32.2. The molecule has 0 aromatic rings. The van der Waals surface area contributed by atoms with Gasteiger partial charge in [-0.15, -0.1) is 25.3 Å². The van der Waals surface area contributed by atoms with Gasteiger partial charge in [0.25, 0.3) is 0 Å². The highest BCUT2D eigenvalue weighted by Gasteiger charge is 2.36. The van der Waals surface area contributed by atoms with Gasteiger partial charge in [-0.2, -0.15) is 12.6 Å². The van der Waals surface area contributed by atoms with Crippen molar-refractivity contribution in [3.8, 4) is 0 Å². The molecule has 0 aliphatic rings. The molecule has 11 heavy (non-hydrogen) atoms. The van der Waals surface area contributed by atoms with Crippen LogP contribution in [-0.2, 0) is 9.53 Å². The first-order chi connectivity index (χ1) is 4.92. The molecule has 0 aromatic carbocycles. The van der Waals surface area contributed by atoms with Gasteiger partial charge in [0, 0.05) is 5.25 Å². The lowest BCUT2D eigenvalue weighted by atomic mass is 10.3. The molecule has 0 rings (SSSR count). The van der Waals surface area contributed by atoms with E-state index in [0.29, 0.717) is 6.61 Å². The Kier molecular flexibility index (Phi) is 4.74. The van der Waals surface area contributed by atoms with Crippen LogP contribution in [0.5, 0.6) is 0 Å². The number of ether oxygens (including phenoxy) is 1. The maximum Gasteiger partial charge on any atom is 0.333 e. The van der Waals surface area contributed by atoms with E-state index in [9.17, 15) is 4.79 Å². The average Bonchev–Trinajstić information content (AvgIpc) is 1.88. The van der Waals surface area contributed by atoms with Crippen molar-refractivity contribution in [1.82, 2.24) is 0 Å². The summed E-state index contributed by atoms with van der Waals surface area (Å²) in [6.07, 6.45) is 0. The van der Waals surface area contributed by atoms with Gasteiger partial charge in [0.15, 0.2) is 4.08 Å². The lowest BCUT2D eigenvalue weighted by Crippen LogP contribution is -2.36. The van der Waals surface area contributed by atoms with Crippen LogP contribution in [0, 0.1) is 0 Å². The minimum atomic E-state index is -1.10. The minimum absolute atomic E-state index is 0.256. The SMILES string of the molecule is CCOC(=O)C(S)(S)C(C)S. The van der Waals surface area contributed by atoms with E-state index in [1.54, 1.807) is 13.8 Å². The third-order valence-corrected chi connectivity index (χ3v) is 3.09. The number of carbonyl (C=O) groups excluding carboxylic acids is 1. The molecule has 0 spiro atoms. The van der Waals surface area contributed by atoms with Gasteiger partial charge in [0.05, 0.1) is 6.61 Å². The molecule has 66 valence electrons. The average molecular weight is 212 g/mol. The molecule has 5 heteroatoms. The van der Waals surface area contributed by atoms with Crippen LogP contribution in [0.1, 0.15) is 13.8 Å². The second-order valence-electron chi connectivity index (χ2n) is 2.12. The second kappa shape index (κ2) is 4.52. The Morgan fingerprint density at radius 2 is 2.09 bits per heavy atom. The fourth-order valence-electron chi connectivity index (χ4n) is 0.408. The third-order valence-electron chi connectivity index (χ3n) is 1.16. The lowest BCUT2D eigenvalue weighted by molar-refractivity contribution is -0.143. The smallest absolute Gasteiger partial charge is 0.333 e. The zero-order valence-electron chi connectivity index (χ0n) is 6.44. The van der Waals surface area contributed by atoms with E-state index in [1.807, 2.05) is 0 Å². The van der Waals surface area contributed by atoms with E-state index in [0.717, 1.165) is 0 Å². The number of hydrogen-bond acceptors (Lipinski definition) is 5.